The standard InChI is InChI=1S/C12H9BrClF3N2O2/c1-19-11(21-12(16)17)9(13)10(18-19)6-2-5(4-20)7(14)3-8(6)15/h2-3,12,20H,4H2,1H3. The molecule has 1 heterocycles. The van der Waals surface area contributed by atoms with Gasteiger partial charge in [0.1, 0.15) is 16.0 Å². The van der Waals surface area contributed by atoms with Crippen molar-refractivity contribution >= 4 is 27.5 Å². The number of aromatic nitrogens is 2. The number of hydrogen-bond donors (Lipinski definition) is 1. The molecule has 2 rings (SSSR count). The minimum atomic E-state index is -3.03. The zero-order valence-electron chi connectivity index (χ0n) is 10.6. The Labute approximate surface area is 131 Å². The fourth-order valence-corrected chi connectivity index (χ4v) is 2.62. The third-order valence-electron chi connectivity index (χ3n) is 2.70. The number of aliphatic hydroxyl groups excluding tert-OH is 1. The molecular formula is C12H9BrClF3N2O2. The summed E-state index contributed by atoms with van der Waals surface area (Å²) in [5, 5.41) is 13.2. The van der Waals surface area contributed by atoms with Crippen LogP contribution in [0.1, 0.15) is 5.56 Å². The van der Waals surface area contributed by atoms with E-state index in [0.29, 0.717) is 5.56 Å². The van der Waals surface area contributed by atoms with Crippen LogP contribution in [-0.2, 0) is 13.7 Å². The molecule has 0 saturated heterocycles. The summed E-state index contributed by atoms with van der Waals surface area (Å²) in [6, 6.07) is 2.33. The molecule has 114 valence electrons. The van der Waals surface area contributed by atoms with Crippen LogP contribution in [0, 0.1) is 5.82 Å². The molecule has 0 spiro atoms. The van der Waals surface area contributed by atoms with E-state index < -0.39 is 19.0 Å². The van der Waals surface area contributed by atoms with Crippen LogP contribution >= 0.6 is 27.5 Å². The van der Waals surface area contributed by atoms with Crippen molar-refractivity contribution in [3.8, 4) is 17.1 Å². The van der Waals surface area contributed by atoms with E-state index in [4.69, 9.17) is 16.7 Å². The van der Waals surface area contributed by atoms with Crippen LogP contribution in [0.5, 0.6) is 5.88 Å². The third kappa shape index (κ3) is 3.17. The number of benzene rings is 1. The van der Waals surface area contributed by atoms with Crippen molar-refractivity contribution in [1.82, 2.24) is 9.78 Å². The molecule has 21 heavy (non-hydrogen) atoms. The Hall–Kier alpha value is -1.25. The molecule has 9 heteroatoms. The molecule has 0 aliphatic carbocycles. The van der Waals surface area contributed by atoms with E-state index >= 15 is 0 Å². The molecule has 0 aliphatic heterocycles. The van der Waals surface area contributed by atoms with Gasteiger partial charge in [0.2, 0.25) is 5.88 Å². The van der Waals surface area contributed by atoms with Crippen molar-refractivity contribution in [3.05, 3.63) is 33.0 Å². The summed E-state index contributed by atoms with van der Waals surface area (Å²) in [7, 11) is 1.38. The van der Waals surface area contributed by atoms with E-state index in [1.54, 1.807) is 0 Å². The smallest absolute Gasteiger partial charge is 0.388 e. The van der Waals surface area contributed by atoms with Crippen molar-refractivity contribution in [2.75, 3.05) is 0 Å². The van der Waals surface area contributed by atoms with Gasteiger partial charge in [-0.3, -0.25) is 0 Å². The summed E-state index contributed by atoms with van der Waals surface area (Å²) in [4.78, 5) is 0. The molecule has 0 radical (unpaired) electrons. The minimum Gasteiger partial charge on any atom is -0.416 e. The van der Waals surface area contributed by atoms with Crippen molar-refractivity contribution in [2.45, 2.75) is 13.2 Å². The average molecular weight is 386 g/mol. The topological polar surface area (TPSA) is 47.3 Å². The van der Waals surface area contributed by atoms with Crippen LogP contribution < -0.4 is 4.74 Å². The number of halogens is 5. The van der Waals surface area contributed by atoms with E-state index in [9.17, 15) is 13.2 Å². The Kier molecular flexibility index (Phi) is 4.80. The van der Waals surface area contributed by atoms with E-state index in [-0.39, 0.29) is 26.6 Å². The summed E-state index contributed by atoms with van der Waals surface area (Å²) in [5.41, 5.74) is 0.369. The van der Waals surface area contributed by atoms with Gasteiger partial charge in [0.05, 0.1) is 6.61 Å². The Morgan fingerprint density at radius 1 is 1.48 bits per heavy atom. The van der Waals surface area contributed by atoms with Gasteiger partial charge in [-0.1, -0.05) is 11.6 Å². The SMILES string of the molecule is Cn1nc(-c2cc(CO)c(Cl)cc2F)c(Br)c1OC(F)F. The van der Waals surface area contributed by atoms with Gasteiger partial charge in [0, 0.05) is 17.6 Å². The predicted molar refractivity (Wildman–Crippen MR) is 73.9 cm³/mol. The fourth-order valence-electron chi connectivity index (χ4n) is 1.76. The lowest BCUT2D eigenvalue weighted by atomic mass is 10.1. The highest BCUT2D eigenvalue weighted by atomic mass is 79.9. The summed E-state index contributed by atoms with van der Waals surface area (Å²) in [6.07, 6.45) is 0. The van der Waals surface area contributed by atoms with Gasteiger partial charge < -0.3 is 9.84 Å². The molecule has 1 N–H and O–H groups in total. The first-order valence-electron chi connectivity index (χ1n) is 5.61. The van der Waals surface area contributed by atoms with E-state index in [0.717, 1.165) is 10.7 Å². The van der Waals surface area contributed by atoms with Crippen molar-refractivity contribution in [3.63, 3.8) is 0 Å². The average Bonchev–Trinajstić information content (AvgIpc) is 2.66. The maximum atomic E-state index is 14.0. The number of alkyl halides is 2. The molecule has 4 nitrogen and oxygen atoms in total. The molecule has 0 atom stereocenters. The van der Waals surface area contributed by atoms with Crippen molar-refractivity contribution in [1.29, 1.82) is 0 Å². The number of aliphatic hydroxyl groups is 1. The van der Waals surface area contributed by atoms with Crippen LogP contribution in [-0.4, -0.2) is 21.5 Å². The van der Waals surface area contributed by atoms with E-state index in [2.05, 4.69) is 25.8 Å². The number of aryl methyl sites for hydroxylation is 1. The highest BCUT2D eigenvalue weighted by Gasteiger charge is 2.22. The fraction of sp³-hybridized carbons (Fsp3) is 0.250. The van der Waals surface area contributed by atoms with Crippen molar-refractivity contribution in [2.24, 2.45) is 7.05 Å². The Bertz CT molecular complexity index is 679. The van der Waals surface area contributed by atoms with Crippen LogP contribution in [0.15, 0.2) is 16.6 Å². The Morgan fingerprint density at radius 2 is 2.14 bits per heavy atom. The number of hydrogen-bond acceptors (Lipinski definition) is 3. The van der Waals surface area contributed by atoms with Crippen LogP contribution in [0.2, 0.25) is 5.02 Å². The van der Waals surface area contributed by atoms with Gasteiger partial charge in [-0.15, -0.1) is 0 Å². The van der Waals surface area contributed by atoms with Crippen LogP contribution in [0.25, 0.3) is 11.3 Å². The number of nitrogens with zero attached hydrogens (tertiary/aromatic N) is 2. The molecule has 2 aromatic rings. The molecule has 0 amide bonds. The quantitative estimate of drug-likeness (QED) is 0.872. The summed E-state index contributed by atoms with van der Waals surface area (Å²) in [5.74, 6) is -0.931. The maximum absolute atomic E-state index is 14.0. The lowest BCUT2D eigenvalue weighted by molar-refractivity contribution is -0.0558. The van der Waals surface area contributed by atoms with Gasteiger partial charge in [-0.25, -0.2) is 9.07 Å². The third-order valence-corrected chi connectivity index (χ3v) is 3.77. The zero-order chi connectivity index (χ0) is 15.7. The summed E-state index contributed by atoms with van der Waals surface area (Å²) in [6.45, 7) is -3.43. The largest absolute Gasteiger partial charge is 0.416 e. The monoisotopic (exact) mass is 384 g/mol. The first-order chi connectivity index (χ1) is 9.85. The maximum Gasteiger partial charge on any atom is 0.388 e. The second-order valence-electron chi connectivity index (χ2n) is 4.05. The lowest BCUT2D eigenvalue weighted by Crippen LogP contribution is -2.06. The van der Waals surface area contributed by atoms with E-state index in [1.807, 2.05) is 0 Å². The molecule has 0 fully saturated rings. The second kappa shape index (κ2) is 6.25. The molecule has 0 aliphatic rings. The molecule has 1 aromatic carbocycles. The molecule has 0 unspecified atom stereocenters. The first kappa shape index (κ1) is 16.1. The predicted octanol–water partition coefficient (Wildman–Crippen LogP) is 3.74. The molecule has 0 saturated carbocycles. The highest BCUT2D eigenvalue weighted by Crippen LogP contribution is 2.38. The lowest BCUT2D eigenvalue weighted by Gasteiger charge is -2.06. The number of rotatable bonds is 4. The van der Waals surface area contributed by atoms with E-state index in [1.165, 1.54) is 13.1 Å². The van der Waals surface area contributed by atoms with Gasteiger partial charge >= 0.3 is 6.61 Å². The number of ether oxygens (including phenoxy) is 1. The highest BCUT2D eigenvalue weighted by molar-refractivity contribution is 9.10. The Balaban J connectivity index is 2.57. The zero-order valence-corrected chi connectivity index (χ0v) is 12.9. The molecule has 0 bridgehead atoms. The first-order valence-corrected chi connectivity index (χ1v) is 6.78. The summed E-state index contributed by atoms with van der Waals surface area (Å²) >= 11 is 8.84. The second-order valence-corrected chi connectivity index (χ2v) is 5.25. The normalized spacial score (nSPS) is 11.2. The van der Waals surface area contributed by atoms with Gasteiger partial charge in [-0.2, -0.15) is 13.9 Å². The minimum absolute atomic E-state index is 0.00930. The molecule has 1 aromatic heterocycles. The van der Waals surface area contributed by atoms with Crippen LogP contribution in [0.4, 0.5) is 13.2 Å². The van der Waals surface area contributed by atoms with Crippen LogP contribution in [0.3, 0.4) is 0 Å². The molecular weight excluding hydrogens is 376 g/mol. The Morgan fingerprint density at radius 3 is 2.71 bits per heavy atom. The van der Waals surface area contributed by atoms with Gasteiger partial charge in [0.15, 0.2) is 0 Å². The van der Waals surface area contributed by atoms with Gasteiger partial charge in [-0.05, 0) is 33.6 Å². The van der Waals surface area contributed by atoms with Gasteiger partial charge in [0.25, 0.3) is 0 Å². The van der Waals surface area contributed by atoms with Crippen molar-refractivity contribution < 1.29 is 23.0 Å². The summed E-state index contributed by atoms with van der Waals surface area (Å²) < 4.78 is 44.1.